The first-order valence-corrected chi connectivity index (χ1v) is 8.54. The van der Waals surface area contributed by atoms with Gasteiger partial charge in [0.2, 0.25) is 10.0 Å². The van der Waals surface area contributed by atoms with E-state index < -0.39 is 16.1 Å². The van der Waals surface area contributed by atoms with Gasteiger partial charge in [0.15, 0.2) is 0 Å². The smallest absolute Gasteiger partial charge is 0.243 e. The Labute approximate surface area is 134 Å². The van der Waals surface area contributed by atoms with E-state index >= 15 is 0 Å². The summed E-state index contributed by atoms with van der Waals surface area (Å²) in [4.78, 5) is 0.198. The lowest BCUT2D eigenvalue weighted by molar-refractivity contribution is 0.396. The van der Waals surface area contributed by atoms with Crippen LogP contribution in [0, 0.1) is 0 Å². The highest BCUT2D eigenvalue weighted by Crippen LogP contribution is 2.28. The Bertz CT molecular complexity index is 950. The minimum atomic E-state index is -3.66. The lowest BCUT2D eigenvalue weighted by Crippen LogP contribution is -2.29. The van der Waals surface area contributed by atoms with E-state index in [1.54, 1.807) is 55.6 Å². The SMILES string of the molecule is C[C@@H](c1cccc(O)c1)N(C)S(=O)(=O)c1ccc2cn[nH]c2c1. The minimum absolute atomic E-state index is 0.110. The number of aromatic hydroxyl groups is 1. The normalized spacial score (nSPS) is 13.5. The summed E-state index contributed by atoms with van der Waals surface area (Å²) in [6, 6.07) is 11.0. The van der Waals surface area contributed by atoms with Gasteiger partial charge in [0.05, 0.1) is 16.6 Å². The zero-order chi connectivity index (χ0) is 16.6. The van der Waals surface area contributed by atoms with E-state index in [-0.39, 0.29) is 10.6 Å². The predicted octanol–water partition coefficient (Wildman–Crippen LogP) is 2.65. The van der Waals surface area contributed by atoms with Gasteiger partial charge in [-0.1, -0.05) is 12.1 Å². The lowest BCUT2D eigenvalue weighted by atomic mass is 10.1. The Morgan fingerprint density at radius 1 is 1.22 bits per heavy atom. The molecule has 3 rings (SSSR count). The summed E-state index contributed by atoms with van der Waals surface area (Å²) >= 11 is 0. The van der Waals surface area contributed by atoms with Gasteiger partial charge in [0.25, 0.3) is 0 Å². The number of aromatic amines is 1. The molecule has 6 nitrogen and oxygen atoms in total. The molecule has 0 unspecified atom stereocenters. The van der Waals surface area contributed by atoms with Crippen LogP contribution in [0.5, 0.6) is 5.75 Å². The van der Waals surface area contributed by atoms with Crippen LogP contribution in [0.25, 0.3) is 10.9 Å². The first kappa shape index (κ1) is 15.5. The zero-order valence-corrected chi connectivity index (χ0v) is 13.6. The number of rotatable bonds is 4. The molecule has 2 aromatic carbocycles. The molecule has 0 amide bonds. The number of aromatic nitrogens is 2. The van der Waals surface area contributed by atoms with Crippen molar-refractivity contribution in [3.05, 3.63) is 54.2 Å². The van der Waals surface area contributed by atoms with E-state index in [0.717, 1.165) is 10.9 Å². The van der Waals surface area contributed by atoms with Gasteiger partial charge in [-0.15, -0.1) is 0 Å². The summed E-state index contributed by atoms with van der Waals surface area (Å²) in [6.45, 7) is 1.78. The van der Waals surface area contributed by atoms with Crippen molar-refractivity contribution in [1.29, 1.82) is 0 Å². The molecular weight excluding hydrogens is 314 g/mol. The fourth-order valence-electron chi connectivity index (χ4n) is 2.45. The van der Waals surface area contributed by atoms with Crippen molar-refractivity contribution < 1.29 is 13.5 Å². The fraction of sp³-hybridized carbons (Fsp3) is 0.188. The quantitative estimate of drug-likeness (QED) is 0.769. The third-order valence-electron chi connectivity index (χ3n) is 3.99. The van der Waals surface area contributed by atoms with Crippen molar-refractivity contribution >= 4 is 20.9 Å². The number of phenols is 1. The molecule has 0 saturated carbocycles. The maximum atomic E-state index is 12.8. The van der Waals surface area contributed by atoms with Gasteiger partial charge in [-0.3, -0.25) is 5.10 Å². The molecule has 0 bridgehead atoms. The summed E-state index contributed by atoms with van der Waals surface area (Å²) in [7, 11) is -2.14. The molecule has 120 valence electrons. The second-order valence-electron chi connectivity index (χ2n) is 5.41. The lowest BCUT2D eigenvalue weighted by Gasteiger charge is -2.24. The Morgan fingerprint density at radius 3 is 2.74 bits per heavy atom. The largest absolute Gasteiger partial charge is 0.508 e. The van der Waals surface area contributed by atoms with Crippen molar-refractivity contribution in [3.8, 4) is 5.75 Å². The van der Waals surface area contributed by atoms with Crippen LogP contribution in [0.15, 0.2) is 53.6 Å². The molecule has 3 aromatic rings. The van der Waals surface area contributed by atoms with Crippen molar-refractivity contribution in [1.82, 2.24) is 14.5 Å². The molecule has 0 aliphatic heterocycles. The number of nitrogens with zero attached hydrogens (tertiary/aromatic N) is 2. The molecule has 0 radical (unpaired) electrons. The predicted molar refractivity (Wildman–Crippen MR) is 87.6 cm³/mol. The first-order valence-electron chi connectivity index (χ1n) is 7.09. The summed E-state index contributed by atoms with van der Waals surface area (Å²) in [5.41, 5.74) is 1.39. The number of benzene rings is 2. The fourth-order valence-corrected chi connectivity index (χ4v) is 3.82. The van der Waals surface area contributed by atoms with Gasteiger partial charge in [0, 0.05) is 18.5 Å². The van der Waals surface area contributed by atoms with Gasteiger partial charge in [-0.2, -0.15) is 9.40 Å². The number of hydrogen-bond acceptors (Lipinski definition) is 4. The number of nitrogens with one attached hydrogen (secondary N) is 1. The standard InChI is InChI=1S/C16H17N3O3S/c1-11(12-4-3-5-14(20)8-12)19(2)23(21,22)15-7-6-13-10-17-18-16(13)9-15/h3-11,20H,1-2H3,(H,17,18)/t11-/m0/s1. The average Bonchev–Trinajstić information content (AvgIpc) is 3.01. The topological polar surface area (TPSA) is 86.3 Å². The Morgan fingerprint density at radius 2 is 2.00 bits per heavy atom. The molecule has 0 fully saturated rings. The number of sulfonamides is 1. The summed E-state index contributed by atoms with van der Waals surface area (Å²) in [6.07, 6.45) is 1.64. The maximum Gasteiger partial charge on any atom is 0.243 e. The highest BCUT2D eigenvalue weighted by atomic mass is 32.2. The second kappa shape index (κ2) is 5.68. The van der Waals surface area contributed by atoms with E-state index in [1.807, 2.05) is 0 Å². The third-order valence-corrected chi connectivity index (χ3v) is 5.91. The molecule has 0 saturated heterocycles. The van der Waals surface area contributed by atoms with Crippen molar-refractivity contribution in [2.24, 2.45) is 0 Å². The van der Waals surface area contributed by atoms with E-state index in [1.165, 1.54) is 11.4 Å². The molecule has 1 atom stereocenters. The van der Waals surface area contributed by atoms with E-state index in [0.29, 0.717) is 5.52 Å². The van der Waals surface area contributed by atoms with Crippen molar-refractivity contribution in [3.63, 3.8) is 0 Å². The number of phenolic OH excluding ortho intramolecular Hbond substituents is 1. The van der Waals surface area contributed by atoms with Crippen LogP contribution in [0.1, 0.15) is 18.5 Å². The highest BCUT2D eigenvalue weighted by molar-refractivity contribution is 7.89. The molecule has 0 spiro atoms. The van der Waals surface area contributed by atoms with Crippen LogP contribution in [-0.4, -0.2) is 35.1 Å². The first-order chi connectivity index (χ1) is 10.9. The van der Waals surface area contributed by atoms with E-state index in [2.05, 4.69) is 10.2 Å². The van der Waals surface area contributed by atoms with Crippen LogP contribution in [0.3, 0.4) is 0 Å². The molecule has 7 heteroatoms. The van der Waals surface area contributed by atoms with Gasteiger partial charge < -0.3 is 5.11 Å². The van der Waals surface area contributed by atoms with E-state index in [4.69, 9.17) is 0 Å². The molecule has 2 N–H and O–H groups in total. The van der Waals surface area contributed by atoms with Crippen LogP contribution in [-0.2, 0) is 10.0 Å². The minimum Gasteiger partial charge on any atom is -0.508 e. The zero-order valence-electron chi connectivity index (χ0n) is 12.8. The van der Waals surface area contributed by atoms with Crippen molar-refractivity contribution in [2.75, 3.05) is 7.05 Å². The maximum absolute atomic E-state index is 12.8. The Balaban J connectivity index is 1.97. The molecular formula is C16H17N3O3S. The van der Waals surface area contributed by atoms with Crippen LogP contribution in [0.4, 0.5) is 0 Å². The molecule has 1 heterocycles. The number of H-pyrrole nitrogens is 1. The van der Waals surface area contributed by atoms with Gasteiger partial charge >= 0.3 is 0 Å². The average molecular weight is 331 g/mol. The van der Waals surface area contributed by atoms with Crippen LogP contribution < -0.4 is 0 Å². The monoisotopic (exact) mass is 331 g/mol. The summed E-state index contributed by atoms with van der Waals surface area (Å²) in [5.74, 6) is 0.110. The molecule has 0 aliphatic carbocycles. The van der Waals surface area contributed by atoms with Gasteiger partial charge in [0.1, 0.15) is 5.75 Å². The van der Waals surface area contributed by atoms with Gasteiger partial charge in [-0.25, -0.2) is 8.42 Å². The van der Waals surface area contributed by atoms with E-state index in [9.17, 15) is 13.5 Å². The summed E-state index contributed by atoms with van der Waals surface area (Å²) < 4.78 is 26.9. The van der Waals surface area contributed by atoms with Crippen LogP contribution in [0.2, 0.25) is 0 Å². The molecule has 1 aromatic heterocycles. The Hall–Kier alpha value is -2.38. The highest BCUT2D eigenvalue weighted by Gasteiger charge is 2.26. The third kappa shape index (κ3) is 2.80. The van der Waals surface area contributed by atoms with Gasteiger partial charge in [-0.05, 0) is 42.8 Å². The number of hydrogen-bond donors (Lipinski definition) is 2. The molecule has 0 aliphatic rings. The Kier molecular flexibility index (Phi) is 3.83. The summed E-state index contributed by atoms with van der Waals surface area (Å²) in [5, 5.41) is 17.1. The van der Waals surface area contributed by atoms with Crippen LogP contribution >= 0.6 is 0 Å². The number of fused-ring (bicyclic) bond motifs is 1. The second-order valence-corrected chi connectivity index (χ2v) is 7.41. The molecule has 23 heavy (non-hydrogen) atoms. The van der Waals surface area contributed by atoms with Crippen molar-refractivity contribution in [2.45, 2.75) is 17.9 Å².